The smallest absolute Gasteiger partial charge is 0.194 e. The molecule has 21 heavy (non-hydrogen) atoms. The standard InChI is InChI=1S/C15H15N5O/c1-21-13-5-3-2-4-12(13)10-20(15(17)18)14-8-11(9-16)6-7-19-14/h2-8H,10H2,1H3,(H3,17,18). The average molecular weight is 281 g/mol. The van der Waals surface area contributed by atoms with Gasteiger partial charge >= 0.3 is 0 Å². The van der Waals surface area contributed by atoms with E-state index < -0.39 is 0 Å². The molecular formula is C15H15N5O. The molecule has 0 aliphatic carbocycles. The Labute approximate surface area is 122 Å². The van der Waals surface area contributed by atoms with Crippen LogP contribution in [-0.2, 0) is 6.54 Å². The SMILES string of the molecule is COc1ccccc1CN(C(=N)N)c1cc(C#N)ccn1. The largest absolute Gasteiger partial charge is 0.496 e. The molecule has 0 spiro atoms. The van der Waals surface area contributed by atoms with E-state index >= 15 is 0 Å². The van der Waals surface area contributed by atoms with E-state index in [4.69, 9.17) is 21.1 Å². The van der Waals surface area contributed by atoms with Crippen LogP contribution < -0.4 is 15.4 Å². The van der Waals surface area contributed by atoms with E-state index in [1.807, 2.05) is 30.3 Å². The van der Waals surface area contributed by atoms with Crippen molar-refractivity contribution in [2.45, 2.75) is 6.54 Å². The number of para-hydroxylation sites is 1. The second kappa shape index (κ2) is 6.39. The van der Waals surface area contributed by atoms with Gasteiger partial charge in [-0.1, -0.05) is 18.2 Å². The molecule has 6 nitrogen and oxygen atoms in total. The molecule has 3 N–H and O–H groups in total. The van der Waals surface area contributed by atoms with Gasteiger partial charge in [0.15, 0.2) is 5.96 Å². The summed E-state index contributed by atoms with van der Waals surface area (Å²) in [5.74, 6) is 1.01. The number of hydrogen-bond donors (Lipinski definition) is 2. The summed E-state index contributed by atoms with van der Waals surface area (Å²) in [6.07, 6.45) is 1.52. The summed E-state index contributed by atoms with van der Waals surface area (Å²) in [5.41, 5.74) is 6.98. The Morgan fingerprint density at radius 2 is 2.19 bits per heavy atom. The Hall–Kier alpha value is -3.07. The highest BCUT2D eigenvalue weighted by Gasteiger charge is 2.14. The summed E-state index contributed by atoms with van der Waals surface area (Å²) in [7, 11) is 1.59. The van der Waals surface area contributed by atoms with Crippen LogP contribution in [0.5, 0.6) is 5.75 Å². The Bertz CT molecular complexity index is 692. The molecule has 0 amide bonds. The number of pyridine rings is 1. The fraction of sp³-hybridized carbons (Fsp3) is 0.133. The lowest BCUT2D eigenvalue weighted by Crippen LogP contribution is -2.36. The van der Waals surface area contributed by atoms with Gasteiger partial charge in [0.2, 0.25) is 0 Å². The summed E-state index contributed by atoms with van der Waals surface area (Å²) in [6, 6.07) is 12.7. The lowest BCUT2D eigenvalue weighted by molar-refractivity contribution is 0.410. The first-order valence-corrected chi connectivity index (χ1v) is 6.25. The summed E-state index contributed by atoms with van der Waals surface area (Å²) in [5, 5.41) is 16.7. The topological polar surface area (TPSA) is 99.0 Å². The van der Waals surface area contributed by atoms with Crippen molar-refractivity contribution in [3.8, 4) is 11.8 Å². The van der Waals surface area contributed by atoms with Gasteiger partial charge in [-0.05, 0) is 18.2 Å². The minimum Gasteiger partial charge on any atom is -0.496 e. The molecule has 0 unspecified atom stereocenters. The lowest BCUT2D eigenvalue weighted by atomic mass is 10.2. The maximum Gasteiger partial charge on any atom is 0.194 e. The van der Waals surface area contributed by atoms with Gasteiger partial charge in [0.1, 0.15) is 11.6 Å². The molecule has 0 atom stereocenters. The van der Waals surface area contributed by atoms with E-state index in [9.17, 15) is 0 Å². The summed E-state index contributed by atoms with van der Waals surface area (Å²) >= 11 is 0. The molecule has 1 heterocycles. The van der Waals surface area contributed by atoms with E-state index in [0.717, 1.165) is 5.56 Å². The normalized spacial score (nSPS) is 9.71. The number of nitrogens with zero attached hydrogens (tertiary/aromatic N) is 3. The quantitative estimate of drug-likeness (QED) is 0.658. The molecule has 2 aromatic rings. The minimum absolute atomic E-state index is 0.150. The lowest BCUT2D eigenvalue weighted by Gasteiger charge is -2.22. The average Bonchev–Trinajstić information content (AvgIpc) is 2.52. The van der Waals surface area contributed by atoms with Crippen LogP contribution in [-0.4, -0.2) is 18.1 Å². The second-order valence-electron chi connectivity index (χ2n) is 4.30. The monoisotopic (exact) mass is 281 g/mol. The molecule has 6 heteroatoms. The van der Waals surface area contributed by atoms with Crippen LogP contribution in [0.4, 0.5) is 5.82 Å². The van der Waals surface area contributed by atoms with Crippen molar-refractivity contribution in [3.63, 3.8) is 0 Å². The van der Waals surface area contributed by atoms with Gasteiger partial charge in [-0.3, -0.25) is 10.3 Å². The third-order valence-electron chi connectivity index (χ3n) is 2.96. The number of anilines is 1. The van der Waals surface area contributed by atoms with Gasteiger partial charge in [-0.15, -0.1) is 0 Å². The Morgan fingerprint density at radius 3 is 2.86 bits per heavy atom. The predicted molar refractivity (Wildman–Crippen MR) is 80.0 cm³/mol. The van der Waals surface area contributed by atoms with E-state index in [-0.39, 0.29) is 5.96 Å². The van der Waals surface area contributed by atoms with Gasteiger partial charge in [0, 0.05) is 11.8 Å². The number of nitrogens with two attached hydrogens (primary N) is 1. The van der Waals surface area contributed by atoms with Gasteiger partial charge in [0.25, 0.3) is 0 Å². The zero-order chi connectivity index (χ0) is 15.2. The molecule has 0 bridgehead atoms. The number of nitrogens with one attached hydrogen (secondary N) is 1. The molecule has 0 radical (unpaired) electrons. The summed E-state index contributed by atoms with van der Waals surface area (Å²) in [6.45, 7) is 0.335. The number of benzene rings is 1. The Balaban J connectivity index is 2.36. The van der Waals surface area contributed by atoms with E-state index in [1.54, 1.807) is 19.2 Å². The van der Waals surface area contributed by atoms with Crippen LogP contribution >= 0.6 is 0 Å². The summed E-state index contributed by atoms with van der Waals surface area (Å²) < 4.78 is 5.30. The number of rotatable bonds is 4. The molecule has 1 aromatic heterocycles. The maximum absolute atomic E-state index is 8.95. The first-order valence-electron chi connectivity index (χ1n) is 6.25. The molecule has 1 aromatic carbocycles. The van der Waals surface area contributed by atoms with Crippen molar-refractivity contribution in [1.82, 2.24) is 4.98 Å². The van der Waals surface area contributed by atoms with Crippen LogP contribution in [0.15, 0.2) is 42.6 Å². The molecular weight excluding hydrogens is 266 g/mol. The van der Waals surface area contributed by atoms with Crippen LogP contribution in [0.1, 0.15) is 11.1 Å². The number of ether oxygens (including phenoxy) is 1. The molecule has 0 aliphatic rings. The second-order valence-corrected chi connectivity index (χ2v) is 4.30. The number of aromatic nitrogens is 1. The zero-order valence-electron chi connectivity index (χ0n) is 11.6. The van der Waals surface area contributed by atoms with Crippen molar-refractivity contribution < 1.29 is 4.74 Å². The van der Waals surface area contributed by atoms with Crippen molar-refractivity contribution in [3.05, 3.63) is 53.7 Å². The number of nitriles is 1. The fourth-order valence-corrected chi connectivity index (χ4v) is 1.93. The Morgan fingerprint density at radius 1 is 1.43 bits per heavy atom. The number of guanidine groups is 1. The third kappa shape index (κ3) is 3.28. The molecule has 106 valence electrons. The number of hydrogen-bond acceptors (Lipinski definition) is 4. The van der Waals surface area contributed by atoms with Gasteiger partial charge in [0.05, 0.1) is 25.3 Å². The van der Waals surface area contributed by atoms with Crippen LogP contribution in [0, 0.1) is 16.7 Å². The summed E-state index contributed by atoms with van der Waals surface area (Å²) in [4.78, 5) is 5.69. The van der Waals surface area contributed by atoms with E-state index in [1.165, 1.54) is 11.1 Å². The van der Waals surface area contributed by atoms with Crippen LogP contribution in [0.3, 0.4) is 0 Å². The first-order chi connectivity index (χ1) is 10.2. The molecule has 0 fully saturated rings. The molecule has 0 saturated heterocycles. The molecule has 2 rings (SSSR count). The highest BCUT2D eigenvalue weighted by atomic mass is 16.5. The van der Waals surface area contributed by atoms with Crippen LogP contribution in [0.25, 0.3) is 0 Å². The first kappa shape index (κ1) is 14.3. The van der Waals surface area contributed by atoms with Crippen molar-refractivity contribution in [2.75, 3.05) is 12.0 Å². The molecule has 0 saturated carbocycles. The van der Waals surface area contributed by atoms with Crippen molar-refractivity contribution in [1.29, 1.82) is 10.7 Å². The van der Waals surface area contributed by atoms with Gasteiger partial charge in [-0.2, -0.15) is 5.26 Å². The number of methoxy groups -OCH3 is 1. The molecule has 0 aliphatic heterocycles. The van der Waals surface area contributed by atoms with Crippen LogP contribution in [0.2, 0.25) is 0 Å². The van der Waals surface area contributed by atoms with E-state index in [2.05, 4.69) is 4.98 Å². The fourth-order valence-electron chi connectivity index (χ4n) is 1.93. The zero-order valence-corrected chi connectivity index (χ0v) is 11.6. The van der Waals surface area contributed by atoms with Crippen molar-refractivity contribution >= 4 is 11.8 Å². The highest BCUT2D eigenvalue weighted by Crippen LogP contribution is 2.22. The Kier molecular flexibility index (Phi) is 4.36. The van der Waals surface area contributed by atoms with E-state index in [0.29, 0.717) is 23.7 Å². The van der Waals surface area contributed by atoms with Gasteiger partial charge in [-0.25, -0.2) is 4.98 Å². The van der Waals surface area contributed by atoms with Gasteiger partial charge < -0.3 is 10.5 Å². The predicted octanol–water partition coefficient (Wildman–Crippen LogP) is 1.86. The highest BCUT2D eigenvalue weighted by molar-refractivity contribution is 5.91. The third-order valence-corrected chi connectivity index (χ3v) is 2.96. The minimum atomic E-state index is -0.150. The maximum atomic E-state index is 8.95. The van der Waals surface area contributed by atoms with Crippen molar-refractivity contribution in [2.24, 2.45) is 5.73 Å².